The molecule has 0 aliphatic carbocycles. The van der Waals surface area contributed by atoms with E-state index in [9.17, 15) is 0 Å². The summed E-state index contributed by atoms with van der Waals surface area (Å²) in [5, 5.41) is 3.35. The summed E-state index contributed by atoms with van der Waals surface area (Å²) in [5.74, 6) is 0.999. The molecule has 1 rings (SSSR count). The van der Waals surface area contributed by atoms with Crippen molar-refractivity contribution in [2.75, 3.05) is 40.3 Å². The number of nitrogens with zero attached hydrogens (tertiary/aromatic N) is 1. The highest BCUT2D eigenvalue weighted by atomic mass is 16.5. The highest BCUT2D eigenvalue weighted by molar-refractivity contribution is 5.38. The summed E-state index contributed by atoms with van der Waals surface area (Å²) in [4.78, 5) is 2.17. The number of hydrogen-bond acceptors (Lipinski definition) is 3. The zero-order valence-electron chi connectivity index (χ0n) is 11.4. The summed E-state index contributed by atoms with van der Waals surface area (Å²) < 4.78 is 5.75. The van der Waals surface area contributed by atoms with Crippen molar-refractivity contribution in [3.05, 3.63) is 29.3 Å². The first kappa shape index (κ1) is 14.0. The maximum absolute atomic E-state index is 5.75. The van der Waals surface area contributed by atoms with Crippen LogP contribution in [0.3, 0.4) is 0 Å². The van der Waals surface area contributed by atoms with Crippen molar-refractivity contribution in [1.29, 1.82) is 0 Å². The van der Waals surface area contributed by atoms with Crippen LogP contribution in [0.5, 0.6) is 5.75 Å². The van der Waals surface area contributed by atoms with Crippen LogP contribution < -0.4 is 10.1 Å². The van der Waals surface area contributed by atoms with Crippen molar-refractivity contribution in [2.24, 2.45) is 0 Å². The van der Waals surface area contributed by atoms with Gasteiger partial charge in [-0.1, -0.05) is 12.1 Å². The van der Waals surface area contributed by atoms with Crippen molar-refractivity contribution < 1.29 is 4.74 Å². The highest BCUT2D eigenvalue weighted by Gasteiger charge is 2.00. The third kappa shape index (κ3) is 5.20. The van der Waals surface area contributed by atoms with Gasteiger partial charge >= 0.3 is 0 Å². The van der Waals surface area contributed by atoms with E-state index in [1.165, 1.54) is 11.1 Å². The number of hydrogen-bond donors (Lipinski definition) is 1. The van der Waals surface area contributed by atoms with Crippen molar-refractivity contribution in [2.45, 2.75) is 13.8 Å². The topological polar surface area (TPSA) is 24.5 Å². The van der Waals surface area contributed by atoms with Gasteiger partial charge in [-0.2, -0.15) is 0 Å². The summed E-state index contributed by atoms with van der Waals surface area (Å²) in [5.41, 5.74) is 2.52. The standard InChI is InChI=1S/C14H24N2O/c1-12-6-5-7-14(13(12)2)17-11-9-15-8-10-16(3)4/h5-7,15H,8-11H2,1-4H3. The molecule has 0 amide bonds. The zero-order valence-corrected chi connectivity index (χ0v) is 11.4. The van der Waals surface area contributed by atoms with E-state index in [1.807, 2.05) is 12.1 Å². The number of nitrogens with one attached hydrogen (secondary N) is 1. The first-order chi connectivity index (χ1) is 8.11. The summed E-state index contributed by atoms with van der Waals surface area (Å²) in [6, 6.07) is 6.18. The summed E-state index contributed by atoms with van der Waals surface area (Å²) in [6.07, 6.45) is 0. The van der Waals surface area contributed by atoms with E-state index in [4.69, 9.17) is 4.74 Å². The van der Waals surface area contributed by atoms with Crippen LogP contribution >= 0.6 is 0 Å². The van der Waals surface area contributed by atoms with Gasteiger partial charge in [0.25, 0.3) is 0 Å². The second kappa shape index (κ2) is 7.30. The Kier molecular flexibility index (Phi) is 6.01. The molecule has 3 nitrogen and oxygen atoms in total. The molecule has 0 aromatic heterocycles. The fourth-order valence-corrected chi connectivity index (χ4v) is 1.54. The first-order valence-electron chi connectivity index (χ1n) is 6.15. The SMILES string of the molecule is Cc1cccc(OCCNCCN(C)C)c1C. The minimum absolute atomic E-state index is 0.720. The average molecular weight is 236 g/mol. The Hall–Kier alpha value is -1.06. The lowest BCUT2D eigenvalue weighted by atomic mass is 10.1. The number of likely N-dealkylation sites (N-methyl/N-ethyl adjacent to an activating group) is 1. The van der Waals surface area contributed by atoms with Crippen LogP contribution in [0.25, 0.3) is 0 Å². The average Bonchev–Trinajstić information content (AvgIpc) is 2.28. The van der Waals surface area contributed by atoms with Gasteiger partial charge < -0.3 is 15.0 Å². The molecule has 1 aromatic carbocycles. The molecule has 0 radical (unpaired) electrons. The molecule has 0 heterocycles. The van der Waals surface area contributed by atoms with E-state index in [0.29, 0.717) is 0 Å². The Morgan fingerprint density at radius 3 is 2.65 bits per heavy atom. The molecule has 17 heavy (non-hydrogen) atoms. The Balaban J connectivity index is 2.20. The van der Waals surface area contributed by atoms with E-state index in [1.54, 1.807) is 0 Å². The van der Waals surface area contributed by atoms with E-state index in [0.717, 1.165) is 32.0 Å². The van der Waals surface area contributed by atoms with E-state index in [2.05, 4.69) is 44.2 Å². The second-order valence-electron chi connectivity index (χ2n) is 4.60. The Morgan fingerprint density at radius 1 is 1.18 bits per heavy atom. The van der Waals surface area contributed by atoms with Crippen LogP contribution in [0.4, 0.5) is 0 Å². The predicted octanol–water partition coefficient (Wildman–Crippen LogP) is 1.83. The lowest BCUT2D eigenvalue weighted by Gasteiger charge is -2.12. The van der Waals surface area contributed by atoms with Crippen LogP contribution in [0.2, 0.25) is 0 Å². The summed E-state index contributed by atoms with van der Waals surface area (Å²) in [6.45, 7) is 7.88. The van der Waals surface area contributed by atoms with Gasteiger partial charge in [-0.3, -0.25) is 0 Å². The van der Waals surface area contributed by atoms with Gasteiger partial charge in [0.2, 0.25) is 0 Å². The van der Waals surface area contributed by atoms with E-state index < -0.39 is 0 Å². The maximum atomic E-state index is 5.75. The molecule has 0 fully saturated rings. The second-order valence-corrected chi connectivity index (χ2v) is 4.60. The molecule has 96 valence electrons. The Morgan fingerprint density at radius 2 is 1.94 bits per heavy atom. The number of benzene rings is 1. The molecule has 3 heteroatoms. The summed E-state index contributed by atoms with van der Waals surface area (Å²) >= 11 is 0. The number of aryl methyl sites for hydroxylation is 1. The molecular weight excluding hydrogens is 212 g/mol. The van der Waals surface area contributed by atoms with Crippen LogP contribution in [0.15, 0.2) is 18.2 Å². The minimum atomic E-state index is 0.720. The number of rotatable bonds is 7. The smallest absolute Gasteiger partial charge is 0.122 e. The van der Waals surface area contributed by atoms with E-state index >= 15 is 0 Å². The molecule has 0 aliphatic rings. The molecule has 0 spiro atoms. The van der Waals surface area contributed by atoms with E-state index in [-0.39, 0.29) is 0 Å². The van der Waals surface area contributed by atoms with Crippen LogP contribution in [0, 0.1) is 13.8 Å². The van der Waals surface area contributed by atoms with Gasteiger partial charge in [0.1, 0.15) is 12.4 Å². The van der Waals surface area contributed by atoms with Gasteiger partial charge in [-0.05, 0) is 45.1 Å². The molecule has 0 saturated heterocycles. The third-order valence-corrected chi connectivity index (χ3v) is 2.83. The monoisotopic (exact) mass is 236 g/mol. The van der Waals surface area contributed by atoms with Crippen LogP contribution in [0.1, 0.15) is 11.1 Å². The highest BCUT2D eigenvalue weighted by Crippen LogP contribution is 2.20. The minimum Gasteiger partial charge on any atom is -0.492 e. The van der Waals surface area contributed by atoms with Crippen molar-refractivity contribution >= 4 is 0 Å². The predicted molar refractivity (Wildman–Crippen MR) is 72.8 cm³/mol. The first-order valence-corrected chi connectivity index (χ1v) is 6.15. The van der Waals surface area contributed by atoms with Gasteiger partial charge in [-0.25, -0.2) is 0 Å². The molecule has 0 aliphatic heterocycles. The quantitative estimate of drug-likeness (QED) is 0.731. The van der Waals surface area contributed by atoms with Crippen molar-refractivity contribution in [1.82, 2.24) is 10.2 Å². The lowest BCUT2D eigenvalue weighted by molar-refractivity contribution is 0.306. The molecule has 0 atom stereocenters. The van der Waals surface area contributed by atoms with Gasteiger partial charge in [0, 0.05) is 19.6 Å². The van der Waals surface area contributed by atoms with Crippen molar-refractivity contribution in [3.63, 3.8) is 0 Å². The lowest BCUT2D eigenvalue weighted by Crippen LogP contribution is -2.29. The van der Waals surface area contributed by atoms with Gasteiger partial charge in [0.15, 0.2) is 0 Å². The molecule has 1 aromatic rings. The van der Waals surface area contributed by atoms with Gasteiger partial charge in [0.05, 0.1) is 0 Å². The maximum Gasteiger partial charge on any atom is 0.122 e. The molecular formula is C14H24N2O. The van der Waals surface area contributed by atoms with Crippen LogP contribution in [-0.2, 0) is 0 Å². The molecule has 0 saturated carbocycles. The van der Waals surface area contributed by atoms with Crippen LogP contribution in [-0.4, -0.2) is 45.2 Å². The Labute approximate surface area is 105 Å². The summed E-state index contributed by atoms with van der Waals surface area (Å²) in [7, 11) is 4.16. The Bertz CT molecular complexity index is 337. The fraction of sp³-hybridized carbons (Fsp3) is 0.571. The van der Waals surface area contributed by atoms with Gasteiger partial charge in [-0.15, -0.1) is 0 Å². The number of ether oxygens (including phenoxy) is 1. The third-order valence-electron chi connectivity index (χ3n) is 2.83. The normalized spacial score (nSPS) is 10.9. The molecule has 1 N–H and O–H groups in total. The fourth-order valence-electron chi connectivity index (χ4n) is 1.54. The molecule has 0 bridgehead atoms. The van der Waals surface area contributed by atoms with Crippen molar-refractivity contribution in [3.8, 4) is 5.75 Å². The zero-order chi connectivity index (χ0) is 12.7. The largest absolute Gasteiger partial charge is 0.492 e. The molecule has 0 unspecified atom stereocenters.